The zero-order chi connectivity index (χ0) is 18.7. The molecule has 0 saturated carbocycles. The summed E-state index contributed by atoms with van der Waals surface area (Å²) >= 11 is 6.02. The Morgan fingerprint density at radius 2 is 2.00 bits per heavy atom. The van der Waals surface area contributed by atoms with Crippen LogP contribution in [0.25, 0.3) is 0 Å². The number of hydrogen-bond donors (Lipinski definition) is 1. The van der Waals surface area contributed by atoms with Crippen LogP contribution in [0.5, 0.6) is 0 Å². The van der Waals surface area contributed by atoms with Gasteiger partial charge in [-0.15, -0.1) is 0 Å². The molecule has 1 aliphatic rings. The Kier molecular flexibility index (Phi) is 5.99. The first-order valence-electron chi connectivity index (χ1n) is 9.18. The molecule has 26 heavy (non-hydrogen) atoms. The van der Waals surface area contributed by atoms with Gasteiger partial charge in [-0.2, -0.15) is 5.10 Å². The van der Waals surface area contributed by atoms with E-state index in [1.54, 1.807) is 6.92 Å². The number of halogens is 1. The lowest BCUT2D eigenvalue weighted by Crippen LogP contribution is -2.39. The van der Waals surface area contributed by atoms with Gasteiger partial charge in [0.15, 0.2) is 0 Å². The molecule has 2 heterocycles. The molecule has 1 amide bonds. The van der Waals surface area contributed by atoms with Crippen LogP contribution in [-0.2, 0) is 16.1 Å². The van der Waals surface area contributed by atoms with Gasteiger partial charge in [-0.25, -0.2) is 0 Å². The molecule has 1 N–H and O–H groups in total. The van der Waals surface area contributed by atoms with E-state index in [1.807, 2.05) is 35.1 Å². The zero-order valence-electron chi connectivity index (χ0n) is 15.5. The molecule has 0 bridgehead atoms. The highest BCUT2D eigenvalue weighted by Gasteiger charge is 2.33. The van der Waals surface area contributed by atoms with Gasteiger partial charge in [-0.05, 0) is 43.9 Å². The number of benzene rings is 1. The van der Waals surface area contributed by atoms with Crippen LogP contribution in [0.15, 0.2) is 30.5 Å². The summed E-state index contributed by atoms with van der Waals surface area (Å²) in [5.41, 5.74) is 3.32. The van der Waals surface area contributed by atoms with Crippen molar-refractivity contribution in [2.75, 3.05) is 0 Å². The molecule has 1 aromatic heterocycles. The second kappa shape index (κ2) is 8.23. The molecular weight excluding hydrogens is 350 g/mol. The molecule has 0 spiro atoms. The van der Waals surface area contributed by atoms with Gasteiger partial charge in [-0.3, -0.25) is 9.48 Å². The van der Waals surface area contributed by atoms with Crippen LogP contribution in [-0.4, -0.2) is 21.7 Å². The summed E-state index contributed by atoms with van der Waals surface area (Å²) in [4.78, 5) is 11.6. The number of hydrogen-bond acceptors (Lipinski definition) is 3. The third-order valence-electron chi connectivity index (χ3n) is 4.90. The average molecular weight is 376 g/mol. The summed E-state index contributed by atoms with van der Waals surface area (Å²) < 4.78 is 8.46. The summed E-state index contributed by atoms with van der Waals surface area (Å²) in [7, 11) is 0. The molecule has 0 aliphatic carbocycles. The van der Waals surface area contributed by atoms with Gasteiger partial charge < -0.3 is 10.1 Å². The van der Waals surface area contributed by atoms with Gasteiger partial charge in [0, 0.05) is 35.8 Å². The zero-order valence-corrected chi connectivity index (χ0v) is 16.3. The van der Waals surface area contributed by atoms with E-state index in [2.05, 4.69) is 24.3 Å². The number of aryl methyl sites for hydroxylation is 1. The molecule has 3 rings (SSSR count). The van der Waals surface area contributed by atoms with Crippen LogP contribution in [0.3, 0.4) is 0 Å². The van der Waals surface area contributed by atoms with Crippen molar-refractivity contribution in [2.45, 2.75) is 64.8 Å². The maximum Gasteiger partial charge on any atom is 0.217 e. The van der Waals surface area contributed by atoms with Crippen LogP contribution in [0.1, 0.15) is 62.1 Å². The van der Waals surface area contributed by atoms with Crippen molar-refractivity contribution >= 4 is 17.5 Å². The first-order chi connectivity index (χ1) is 12.5. The third-order valence-corrected chi connectivity index (χ3v) is 5.15. The lowest BCUT2D eigenvalue weighted by molar-refractivity contribution is -0.122. The Morgan fingerprint density at radius 3 is 2.65 bits per heavy atom. The largest absolute Gasteiger partial charge is 0.365 e. The van der Waals surface area contributed by atoms with Crippen LogP contribution < -0.4 is 5.32 Å². The fourth-order valence-corrected chi connectivity index (χ4v) is 3.76. The fourth-order valence-electron chi connectivity index (χ4n) is 3.63. The Labute approximate surface area is 159 Å². The van der Waals surface area contributed by atoms with Gasteiger partial charge in [0.05, 0.1) is 18.4 Å². The monoisotopic (exact) mass is 375 g/mol. The number of rotatable bonds is 5. The summed E-state index contributed by atoms with van der Waals surface area (Å²) in [6.45, 7) is 6.68. The third kappa shape index (κ3) is 4.27. The summed E-state index contributed by atoms with van der Waals surface area (Å²) in [5.74, 6) is -0.0103. The van der Waals surface area contributed by atoms with Crippen molar-refractivity contribution in [3.8, 4) is 0 Å². The highest BCUT2D eigenvalue weighted by molar-refractivity contribution is 6.30. The van der Waals surface area contributed by atoms with Crippen LogP contribution in [0, 0.1) is 6.92 Å². The van der Waals surface area contributed by atoms with Crippen molar-refractivity contribution in [2.24, 2.45) is 0 Å². The van der Waals surface area contributed by atoms with E-state index in [-0.39, 0.29) is 24.2 Å². The number of carbonyl (C=O) groups excluding carboxylic acids is 1. The van der Waals surface area contributed by atoms with Gasteiger partial charge >= 0.3 is 0 Å². The van der Waals surface area contributed by atoms with Crippen molar-refractivity contribution in [3.63, 3.8) is 0 Å². The van der Waals surface area contributed by atoms with Crippen molar-refractivity contribution in [1.82, 2.24) is 15.1 Å². The highest BCUT2D eigenvalue weighted by atomic mass is 35.5. The fraction of sp³-hybridized carbons (Fsp3) is 0.500. The van der Waals surface area contributed by atoms with Crippen LogP contribution in [0.2, 0.25) is 5.02 Å². The normalized spacial score (nSPS) is 23.0. The molecular formula is C20H26ClN3O2. The second-order valence-electron chi connectivity index (χ2n) is 6.94. The molecule has 3 atom stereocenters. The average Bonchev–Trinajstić information content (AvgIpc) is 2.96. The van der Waals surface area contributed by atoms with Crippen molar-refractivity contribution < 1.29 is 9.53 Å². The lowest BCUT2D eigenvalue weighted by Gasteiger charge is -2.36. The topological polar surface area (TPSA) is 56.2 Å². The summed E-state index contributed by atoms with van der Waals surface area (Å²) in [5, 5.41) is 8.28. The van der Waals surface area contributed by atoms with E-state index in [1.165, 1.54) is 0 Å². The number of nitrogens with one attached hydrogen (secondary N) is 1. The molecule has 1 saturated heterocycles. The van der Waals surface area contributed by atoms with Crippen LogP contribution >= 0.6 is 11.6 Å². The molecule has 1 aromatic carbocycles. The highest BCUT2D eigenvalue weighted by Crippen LogP contribution is 2.40. The predicted molar refractivity (Wildman–Crippen MR) is 102 cm³/mol. The number of ether oxygens (including phenoxy) is 1. The maximum atomic E-state index is 11.6. The quantitative estimate of drug-likeness (QED) is 0.845. The molecule has 1 fully saturated rings. The van der Waals surface area contributed by atoms with Crippen LogP contribution in [0.4, 0.5) is 0 Å². The Morgan fingerprint density at radius 1 is 1.31 bits per heavy atom. The number of nitrogens with zero attached hydrogens (tertiary/aromatic N) is 2. The second-order valence-corrected chi connectivity index (χ2v) is 7.38. The molecule has 0 radical (unpaired) electrons. The van der Waals surface area contributed by atoms with Gasteiger partial charge in [-0.1, -0.05) is 30.7 Å². The molecule has 140 valence electrons. The predicted octanol–water partition coefficient (Wildman–Crippen LogP) is 4.35. The van der Waals surface area contributed by atoms with Gasteiger partial charge in [0.1, 0.15) is 0 Å². The van der Waals surface area contributed by atoms with E-state index >= 15 is 0 Å². The van der Waals surface area contributed by atoms with E-state index in [9.17, 15) is 4.79 Å². The Bertz CT molecular complexity index is 757. The number of carbonyl (C=O) groups is 1. The number of aromatic nitrogens is 2. The Balaban J connectivity index is 1.86. The minimum Gasteiger partial charge on any atom is -0.365 e. The Hall–Kier alpha value is -1.85. The van der Waals surface area contributed by atoms with E-state index in [0.717, 1.165) is 42.6 Å². The number of amides is 1. The first kappa shape index (κ1) is 18.9. The molecule has 1 aliphatic heterocycles. The maximum absolute atomic E-state index is 11.6. The first-order valence-corrected chi connectivity index (χ1v) is 9.56. The van der Waals surface area contributed by atoms with Gasteiger partial charge in [0.25, 0.3) is 0 Å². The standard InChI is InChI=1S/C20H26ClN3O2/c1-4-9-24-13(2)18(12-22-24)20-11-17(23-14(3)25)10-19(26-20)15-5-7-16(21)8-6-15/h5-8,12,17,19-20H,4,9-11H2,1-3H3,(H,23,25)/t17-,19-,20+/m0/s1. The smallest absolute Gasteiger partial charge is 0.217 e. The van der Waals surface area contributed by atoms with Crippen molar-refractivity contribution in [1.29, 1.82) is 0 Å². The summed E-state index contributed by atoms with van der Waals surface area (Å²) in [6.07, 6.45) is 4.27. The minimum atomic E-state index is -0.0908. The molecule has 5 nitrogen and oxygen atoms in total. The molecule has 6 heteroatoms. The SMILES string of the molecule is CCCn1ncc([C@H]2C[C@@H](NC(C)=O)C[C@@H](c3ccc(Cl)cc3)O2)c1C. The minimum absolute atomic E-state index is 0.0103. The van der Waals surface area contributed by atoms with E-state index < -0.39 is 0 Å². The van der Waals surface area contributed by atoms with Crippen molar-refractivity contribution in [3.05, 3.63) is 52.3 Å². The van der Waals surface area contributed by atoms with E-state index in [0.29, 0.717) is 5.02 Å². The summed E-state index contributed by atoms with van der Waals surface area (Å²) in [6, 6.07) is 7.81. The van der Waals surface area contributed by atoms with Gasteiger partial charge in [0.2, 0.25) is 5.91 Å². The molecule has 2 aromatic rings. The lowest BCUT2D eigenvalue weighted by atomic mass is 9.91. The van der Waals surface area contributed by atoms with E-state index in [4.69, 9.17) is 16.3 Å². The molecule has 0 unspecified atom stereocenters.